The second-order valence-electron chi connectivity index (χ2n) is 3.24. The number of aliphatic hydroxyl groups excluding tert-OH is 1. The van der Waals surface area contributed by atoms with Gasteiger partial charge in [0.15, 0.2) is 0 Å². The van der Waals surface area contributed by atoms with Gasteiger partial charge in [0.2, 0.25) is 0 Å². The highest BCUT2D eigenvalue weighted by Crippen LogP contribution is 2.37. The van der Waals surface area contributed by atoms with E-state index < -0.39 is 0 Å². The molecule has 70 valence electrons. The van der Waals surface area contributed by atoms with E-state index in [1.807, 2.05) is 12.1 Å². The molecule has 3 heteroatoms. The minimum Gasteiger partial charge on any atom is -0.392 e. The molecule has 1 aliphatic rings. The number of thioether (sulfide) groups is 1. The van der Waals surface area contributed by atoms with Gasteiger partial charge in [-0.3, -0.25) is 0 Å². The summed E-state index contributed by atoms with van der Waals surface area (Å²) in [4.78, 5) is 1.20. The van der Waals surface area contributed by atoms with Gasteiger partial charge in [0.1, 0.15) is 0 Å². The Labute approximate surface area is 82.1 Å². The summed E-state index contributed by atoms with van der Waals surface area (Å²) in [6, 6.07) is 6.15. The van der Waals surface area contributed by atoms with Crippen LogP contribution in [0.4, 0.5) is 0 Å². The van der Waals surface area contributed by atoms with Gasteiger partial charge in [-0.05, 0) is 23.3 Å². The van der Waals surface area contributed by atoms with E-state index in [9.17, 15) is 0 Å². The summed E-state index contributed by atoms with van der Waals surface area (Å²) in [5.41, 5.74) is 8.18. The van der Waals surface area contributed by atoms with Crippen LogP contribution in [0.25, 0.3) is 0 Å². The van der Waals surface area contributed by atoms with Crippen LogP contribution in [0.3, 0.4) is 0 Å². The molecule has 13 heavy (non-hydrogen) atoms. The van der Waals surface area contributed by atoms with Gasteiger partial charge < -0.3 is 10.8 Å². The summed E-state index contributed by atoms with van der Waals surface area (Å²) in [5.74, 6) is 1.06. The van der Waals surface area contributed by atoms with Gasteiger partial charge in [-0.1, -0.05) is 18.2 Å². The van der Waals surface area contributed by atoms with Crippen molar-refractivity contribution in [1.82, 2.24) is 0 Å². The molecule has 0 fully saturated rings. The minimum atomic E-state index is 0.114. The molecule has 1 heterocycles. The molecule has 0 amide bonds. The van der Waals surface area contributed by atoms with Crippen LogP contribution in [-0.2, 0) is 6.61 Å². The fraction of sp³-hybridized carbons (Fsp3) is 0.400. The Morgan fingerprint density at radius 2 is 2.38 bits per heavy atom. The maximum Gasteiger partial charge on any atom is 0.0692 e. The Morgan fingerprint density at radius 1 is 1.54 bits per heavy atom. The zero-order chi connectivity index (χ0) is 9.26. The van der Waals surface area contributed by atoms with Crippen LogP contribution in [0.2, 0.25) is 0 Å². The van der Waals surface area contributed by atoms with E-state index in [4.69, 9.17) is 10.8 Å². The van der Waals surface area contributed by atoms with Gasteiger partial charge in [0.05, 0.1) is 6.61 Å². The molecule has 1 aliphatic heterocycles. The number of nitrogens with two attached hydrogens (primary N) is 1. The van der Waals surface area contributed by atoms with Gasteiger partial charge in [-0.25, -0.2) is 0 Å². The monoisotopic (exact) mass is 195 g/mol. The topological polar surface area (TPSA) is 46.2 Å². The average molecular weight is 195 g/mol. The summed E-state index contributed by atoms with van der Waals surface area (Å²) in [6.45, 7) is 0.114. The highest BCUT2D eigenvalue weighted by atomic mass is 32.2. The number of hydrogen-bond donors (Lipinski definition) is 2. The predicted octanol–water partition coefficient (Wildman–Crippen LogP) is 1.67. The molecule has 3 N–H and O–H groups in total. The third-order valence-corrected chi connectivity index (χ3v) is 3.60. The lowest BCUT2D eigenvalue weighted by Crippen LogP contribution is -2.16. The van der Waals surface area contributed by atoms with Crippen LogP contribution in [-0.4, -0.2) is 10.9 Å². The van der Waals surface area contributed by atoms with E-state index in [2.05, 4.69) is 6.07 Å². The lowest BCUT2D eigenvalue weighted by Gasteiger charge is -2.23. The molecule has 1 aromatic carbocycles. The number of hydrogen-bond acceptors (Lipinski definition) is 3. The van der Waals surface area contributed by atoms with Crippen molar-refractivity contribution < 1.29 is 5.11 Å². The quantitative estimate of drug-likeness (QED) is 0.716. The van der Waals surface area contributed by atoms with Crippen LogP contribution in [0.15, 0.2) is 23.1 Å². The van der Waals surface area contributed by atoms with Crippen LogP contribution < -0.4 is 5.73 Å². The Kier molecular flexibility index (Phi) is 2.58. The lowest BCUT2D eigenvalue weighted by atomic mass is 10.0. The number of fused-ring (bicyclic) bond motifs is 1. The van der Waals surface area contributed by atoms with Gasteiger partial charge in [0.25, 0.3) is 0 Å². The van der Waals surface area contributed by atoms with E-state index in [-0.39, 0.29) is 12.6 Å². The SMILES string of the molecule is N[C@H]1CCSc2c(CO)cccc21. The largest absolute Gasteiger partial charge is 0.392 e. The van der Waals surface area contributed by atoms with Gasteiger partial charge in [-0.2, -0.15) is 0 Å². The number of benzene rings is 1. The Balaban J connectivity index is 2.48. The maximum absolute atomic E-state index is 9.13. The van der Waals surface area contributed by atoms with E-state index >= 15 is 0 Å². The number of aliphatic hydroxyl groups is 1. The third kappa shape index (κ3) is 1.59. The molecule has 0 aromatic heterocycles. The highest BCUT2D eigenvalue weighted by Gasteiger charge is 2.18. The molecule has 0 spiro atoms. The van der Waals surface area contributed by atoms with Crippen molar-refractivity contribution in [3.05, 3.63) is 29.3 Å². The summed E-state index contributed by atoms with van der Waals surface area (Å²) in [6.07, 6.45) is 1.03. The fourth-order valence-electron chi connectivity index (χ4n) is 1.64. The van der Waals surface area contributed by atoms with E-state index in [0.29, 0.717) is 0 Å². The Bertz CT molecular complexity index is 314. The van der Waals surface area contributed by atoms with Crippen molar-refractivity contribution in [3.8, 4) is 0 Å². The standard InChI is InChI=1S/C10H13NOS/c11-9-4-5-13-10-7(6-12)2-1-3-8(9)10/h1-3,9,12H,4-6,11H2/t9-/m0/s1. The van der Waals surface area contributed by atoms with Gasteiger partial charge in [0, 0.05) is 10.9 Å². The molecular weight excluding hydrogens is 182 g/mol. The molecule has 0 unspecified atom stereocenters. The third-order valence-electron chi connectivity index (χ3n) is 2.37. The average Bonchev–Trinajstić information content (AvgIpc) is 2.18. The van der Waals surface area contributed by atoms with Crippen molar-refractivity contribution >= 4 is 11.8 Å². The minimum absolute atomic E-state index is 0.114. The van der Waals surface area contributed by atoms with Crippen molar-refractivity contribution in [1.29, 1.82) is 0 Å². The van der Waals surface area contributed by atoms with E-state index in [1.165, 1.54) is 10.5 Å². The molecule has 0 bridgehead atoms. The zero-order valence-corrected chi connectivity index (χ0v) is 8.18. The Morgan fingerprint density at radius 3 is 3.15 bits per heavy atom. The second-order valence-corrected chi connectivity index (χ2v) is 4.34. The molecule has 0 saturated heterocycles. The van der Waals surface area contributed by atoms with Crippen molar-refractivity contribution in [3.63, 3.8) is 0 Å². The van der Waals surface area contributed by atoms with Crippen molar-refractivity contribution in [2.24, 2.45) is 5.73 Å². The first-order valence-electron chi connectivity index (χ1n) is 4.44. The first-order valence-corrected chi connectivity index (χ1v) is 5.42. The predicted molar refractivity (Wildman–Crippen MR) is 54.6 cm³/mol. The molecule has 0 aliphatic carbocycles. The van der Waals surface area contributed by atoms with Gasteiger partial charge >= 0.3 is 0 Å². The fourth-order valence-corrected chi connectivity index (χ4v) is 2.92. The maximum atomic E-state index is 9.13. The molecule has 2 rings (SSSR count). The summed E-state index contributed by atoms with van der Waals surface area (Å²) < 4.78 is 0. The van der Waals surface area contributed by atoms with Crippen LogP contribution in [0.1, 0.15) is 23.6 Å². The Hall–Kier alpha value is -0.510. The molecule has 0 saturated carbocycles. The lowest BCUT2D eigenvalue weighted by molar-refractivity contribution is 0.278. The van der Waals surface area contributed by atoms with E-state index in [1.54, 1.807) is 11.8 Å². The number of rotatable bonds is 1. The first kappa shape index (κ1) is 9.06. The van der Waals surface area contributed by atoms with E-state index in [0.717, 1.165) is 17.7 Å². The van der Waals surface area contributed by atoms with Crippen LogP contribution in [0.5, 0.6) is 0 Å². The normalized spacial score (nSPS) is 21.2. The van der Waals surface area contributed by atoms with Crippen LogP contribution in [0, 0.1) is 0 Å². The highest BCUT2D eigenvalue weighted by molar-refractivity contribution is 7.99. The smallest absolute Gasteiger partial charge is 0.0692 e. The summed E-state index contributed by atoms with van der Waals surface area (Å²) in [7, 11) is 0. The molecule has 0 radical (unpaired) electrons. The van der Waals surface area contributed by atoms with Crippen molar-refractivity contribution in [2.45, 2.75) is 24.0 Å². The van der Waals surface area contributed by atoms with Gasteiger partial charge in [-0.15, -0.1) is 11.8 Å². The summed E-state index contributed by atoms with van der Waals surface area (Å²) >= 11 is 1.80. The molecular formula is C10H13NOS. The summed E-state index contributed by atoms with van der Waals surface area (Å²) in [5, 5.41) is 9.13. The van der Waals surface area contributed by atoms with Crippen molar-refractivity contribution in [2.75, 3.05) is 5.75 Å². The zero-order valence-electron chi connectivity index (χ0n) is 7.36. The van der Waals surface area contributed by atoms with Crippen LogP contribution >= 0.6 is 11.8 Å². The molecule has 1 atom stereocenters. The molecule has 1 aromatic rings. The molecule has 2 nitrogen and oxygen atoms in total. The second kappa shape index (κ2) is 3.70. The first-order chi connectivity index (χ1) is 6.33.